The molecule has 1 saturated carbocycles. The fraction of sp³-hybridized carbons (Fsp3) is 0.438. The Kier molecular flexibility index (Phi) is 4.62. The molecule has 1 N–H and O–H groups in total. The molecule has 0 aliphatic heterocycles. The van der Waals surface area contributed by atoms with Crippen molar-refractivity contribution in [3.8, 4) is 5.75 Å². The predicted molar refractivity (Wildman–Crippen MR) is 89.9 cm³/mol. The first-order valence-electron chi connectivity index (χ1n) is 7.18. The Morgan fingerprint density at radius 3 is 2.86 bits per heavy atom. The van der Waals surface area contributed by atoms with Gasteiger partial charge in [0, 0.05) is 28.8 Å². The molecule has 1 heterocycles. The highest BCUT2D eigenvalue weighted by Gasteiger charge is 2.21. The lowest BCUT2D eigenvalue weighted by molar-refractivity contribution is 0.303. The summed E-state index contributed by atoms with van der Waals surface area (Å²) in [6, 6.07) is 4.95. The molecule has 5 heteroatoms. The molecule has 0 saturated heterocycles. The lowest BCUT2D eigenvalue weighted by atomic mass is 10.1. The summed E-state index contributed by atoms with van der Waals surface area (Å²) in [6.45, 7) is 5.56. The molecule has 112 valence electrons. The topological polar surface area (TPSA) is 34.1 Å². The van der Waals surface area contributed by atoms with Gasteiger partial charge in [-0.1, -0.05) is 15.9 Å². The second kappa shape index (κ2) is 6.46. The Labute approximate surface area is 137 Å². The van der Waals surface area contributed by atoms with Crippen molar-refractivity contribution in [3.05, 3.63) is 43.8 Å². The van der Waals surface area contributed by atoms with Crippen LogP contribution < -0.4 is 10.1 Å². The van der Waals surface area contributed by atoms with E-state index in [1.165, 1.54) is 24.0 Å². The van der Waals surface area contributed by atoms with Crippen LogP contribution in [0, 0.1) is 13.8 Å². The van der Waals surface area contributed by atoms with Gasteiger partial charge in [-0.3, -0.25) is 0 Å². The van der Waals surface area contributed by atoms with E-state index in [1.807, 2.05) is 13.1 Å². The van der Waals surface area contributed by atoms with Crippen molar-refractivity contribution in [3.63, 3.8) is 0 Å². The van der Waals surface area contributed by atoms with Crippen molar-refractivity contribution in [1.82, 2.24) is 10.3 Å². The minimum Gasteiger partial charge on any atom is -0.487 e. The van der Waals surface area contributed by atoms with Crippen LogP contribution in [-0.4, -0.2) is 11.0 Å². The number of nitrogens with zero attached hydrogens (tertiary/aromatic N) is 1. The van der Waals surface area contributed by atoms with E-state index in [4.69, 9.17) is 4.74 Å². The molecule has 21 heavy (non-hydrogen) atoms. The highest BCUT2D eigenvalue weighted by atomic mass is 79.9. The molecular weight excluding hydrogens is 348 g/mol. The number of hydrogen-bond donors (Lipinski definition) is 1. The maximum absolute atomic E-state index is 6.08. The standard InChI is InChI=1S/C16H19BrN2OS/c1-10-5-13(17)6-12(7-19-14-3-4-14)16(10)20-9-15-8-18-11(2)21-15/h5-6,8,14,19H,3-4,7,9H2,1-2H3. The zero-order valence-electron chi connectivity index (χ0n) is 12.3. The van der Waals surface area contributed by atoms with Crippen LogP contribution in [0.2, 0.25) is 0 Å². The van der Waals surface area contributed by atoms with Crippen molar-refractivity contribution < 1.29 is 4.74 Å². The Hall–Kier alpha value is -0.910. The maximum Gasteiger partial charge on any atom is 0.127 e. The third kappa shape index (κ3) is 4.05. The summed E-state index contributed by atoms with van der Waals surface area (Å²) in [5.41, 5.74) is 2.38. The van der Waals surface area contributed by atoms with Crippen LogP contribution in [0.1, 0.15) is 33.9 Å². The second-order valence-corrected chi connectivity index (χ2v) is 7.74. The normalized spacial score (nSPS) is 14.4. The molecule has 0 unspecified atom stereocenters. The van der Waals surface area contributed by atoms with Crippen LogP contribution in [0.5, 0.6) is 5.75 Å². The Balaban J connectivity index is 1.74. The molecule has 0 atom stereocenters. The van der Waals surface area contributed by atoms with E-state index in [9.17, 15) is 0 Å². The first-order chi connectivity index (χ1) is 10.1. The monoisotopic (exact) mass is 366 g/mol. The fourth-order valence-electron chi connectivity index (χ4n) is 2.29. The quantitative estimate of drug-likeness (QED) is 0.824. The van der Waals surface area contributed by atoms with Crippen LogP contribution in [-0.2, 0) is 13.2 Å². The number of aromatic nitrogens is 1. The van der Waals surface area contributed by atoms with Crippen LogP contribution in [0.4, 0.5) is 0 Å². The predicted octanol–water partition coefficient (Wildman–Crippen LogP) is 4.35. The number of halogens is 1. The zero-order valence-corrected chi connectivity index (χ0v) is 14.7. The lowest BCUT2D eigenvalue weighted by Crippen LogP contribution is -2.16. The maximum atomic E-state index is 6.08. The summed E-state index contributed by atoms with van der Waals surface area (Å²) < 4.78 is 7.19. The molecule has 0 spiro atoms. The van der Waals surface area contributed by atoms with Crippen LogP contribution >= 0.6 is 27.3 Å². The molecule has 2 aromatic rings. The number of aryl methyl sites for hydroxylation is 2. The lowest BCUT2D eigenvalue weighted by Gasteiger charge is -2.15. The van der Waals surface area contributed by atoms with Crippen LogP contribution in [0.3, 0.4) is 0 Å². The van der Waals surface area contributed by atoms with Crippen LogP contribution in [0.25, 0.3) is 0 Å². The molecule has 0 bridgehead atoms. The van der Waals surface area contributed by atoms with E-state index in [1.54, 1.807) is 11.3 Å². The molecule has 3 nitrogen and oxygen atoms in total. The minimum absolute atomic E-state index is 0.588. The highest BCUT2D eigenvalue weighted by molar-refractivity contribution is 9.10. The SMILES string of the molecule is Cc1ncc(COc2c(C)cc(Br)cc2CNC2CC2)s1. The van der Waals surface area contributed by atoms with Gasteiger partial charge in [-0.25, -0.2) is 4.98 Å². The van der Waals surface area contributed by atoms with Crippen molar-refractivity contribution in [2.75, 3.05) is 0 Å². The van der Waals surface area contributed by atoms with Gasteiger partial charge in [-0.15, -0.1) is 11.3 Å². The summed E-state index contributed by atoms with van der Waals surface area (Å²) >= 11 is 5.27. The number of thiazole rings is 1. The Morgan fingerprint density at radius 2 is 2.19 bits per heavy atom. The van der Waals surface area contributed by atoms with Crippen LogP contribution in [0.15, 0.2) is 22.8 Å². The van der Waals surface area contributed by atoms with E-state index in [0.29, 0.717) is 12.6 Å². The molecule has 1 aromatic carbocycles. The zero-order chi connectivity index (χ0) is 14.8. The van der Waals surface area contributed by atoms with Crippen molar-refractivity contribution in [2.24, 2.45) is 0 Å². The Bertz CT molecular complexity index is 637. The van der Waals surface area contributed by atoms with E-state index < -0.39 is 0 Å². The molecule has 3 rings (SSSR count). The number of rotatable bonds is 6. The van der Waals surface area contributed by atoms with Gasteiger partial charge in [0.05, 0.1) is 9.88 Å². The number of benzene rings is 1. The molecule has 1 aliphatic carbocycles. The molecule has 1 aromatic heterocycles. The highest BCUT2D eigenvalue weighted by Crippen LogP contribution is 2.30. The summed E-state index contributed by atoms with van der Waals surface area (Å²) in [6.07, 6.45) is 4.49. The van der Waals surface area contributed by atoms with Gasteiger partial charge in [-0.05, 0) is 44.4 Å². The molecule has 1 aliphatic rings. The van der Waals surface area contributed by atoms with Gasteiger partial charge >= 0.3 is 0 Å². The minimum atomic E-state index is 0.588. The van der Waals surface area contributed by atoms with Crippen molar-refractivity contribution in [2.45, 2.75) is 45.9 Å². The molecule has 0 amide bonds. The average molecular weight is 367 g/mol. The van der Waals surface area contributed by atoms with Crippen molar-refractivity contribution >= 4 is 27.3 Å². The fourth-order valence-corrected chi connectivity index (χ4v) is 3.62. The van der Waals surface area contributed by atoms with E-state index in [0.717, 1.165) is 26.7 Å². The molecular formula is C16H19BrN2OS. The third-order valence-corrected chi connectivity index (χ3v) is 4.85. The van der Waals surface area contributed by atoms with E-state index >= 15 is 0 Å². The number of hydrogen-bond acceptors (Lipinski definition) is 4. The summed E-state index contributed by atoms with van der Waals surface area (Å²) in [7, 11) is 0. The molecule has 0 radical (unpaired) electrons. The van der Waals surface area contributed by atoms with Gasteiger partial charge in [-0.2, -0.15) is 0 Å². The largest absolute Gasteiger partial charge is 0.487 e. The number of nitrogens with one attached hydrogen (secondary N) is 1. The first kappa shape index (κ1) is 15.0. The van der Waals surface area contributed by atoms with Crippen molar-refractivity contribution in [1.29, 1.82) is 0 Å². The summed E-state index contributed by atoms with van der Waals surface area (Å²) in [4.78, 5) is 5.44. The van der Waals surface area contributed by atoms with Gasteiger partial charge in [0.2, 0.25) is 0 Å². The smallest absolute Gasteiger partial charge is 0.127 e. The van der Waals surface area contributed by atoms with E-state index in [2.05, 4.69) is 45.3 Å². The van der Waals surface area contributed by atoms with Gasteiger partial charge in [0.15, 0.2) is 0 Å². The second-order valence-electron chi connectivity index (χ2n) is 5.50. The average Bonchev–Trinajstić information content (AvgIpc) is 3.17. The number of ether oxygens (including phenoxy) is 1. The third-order valence-electron chi connectivity index (χ3n) is 3.50. The van der Waals surface area contributed by atoms with Gasteiger partial charge < -0.3 is 10.1 Å². The van der Waals surface area contributed by atoms with Gasteiger partial charge in [0.1, 0.15) is 12.4 Å². The summed E-state index contributed by atoms with van der Waals surface area (Å²) in [5.74, 6) is 0.998. The van der Waals surface area contributed by atoms with E-state index in [-0.39, 0.29) is 0 Å². The summed E-state index contributed by atoms with van der Waals surface area (Å²) in [5, 5.41) is 4.64. The van der Waals surface area contributed by atoms with Gasteiger partial charge in [0.25, 0.3) is 0 Å². The Morgan fingerprint density at radius 1 is 1.38 bits per heavy atom. The first-order valence-corrected chi connectivity index (χ1v) is 8.79. The molecule has 1 fully saturated rings.